The van der Waals surface area contributed by atoms with E-state index in [0.29, 0.717) is 26.1 Å². The monoisotopic (exact) mass is 335 g/mol. The van der Waals surface area contributed by atoms with Crippen molar-refractivity contribution in [1.82, 2.24) is 15.1 Å². The second kappa shape index (κ2) is 8.68. The normalized spacial score (nSPS) is 10.4. The van der Waals surface area contributed by atoms with E-state index < -0.39 is 0 Å². The van der Waals surface area contributed by atoms with Gasteiger partial charge < -0.3 is 10.1 Å². The third-order valence-corrected chi connectivity index (χ3v) is 3.83. The Kier molecular flexibility index (Phi) is 5.82. The molecule has 5 heteroatoms. The molecule has 0 aliphatic carbocycles. The van der Waals surface area contributed by atoms with E-state index in [9.17, 15) is 4.79 Å². The van der Waals surface area contributed by atoms with Gasteiger partial charge in [-0.15, -0.1) is 0 Å². The van der Waals surface area contributed by atoms with Crippen LogP contribution in [0, 0.1) is 0 Å². The highest BCUT2D eigenvalue weighted by Crippen LogP contribution is 2.11. The Labute approximate surface area is 147 Å². The highest BCUT2D eigenvalue weighted by atomic mass is 16.5. The maximum Gasteiger partial charge on any atom is 0.223 e. The molecule has 5 nitrogen and oxygen atoms in total. The van der Waals surface area contributed by atoms with Crippen LogP contribution in [0.4, 0.5) is 0 Å². The molecule has 1 amide bonds. The number of nitrogens with one attached hydrogen (secondary N) is 1. The summed E-state index contributed by atoms with van der Waals surface area (Å²) in [6.45, 7) is 1.56. The Morgan fingerprint density at radius 2 is 1.76 bits per heavy atom. The van der Waals surface area contributed by atoms with Crippen molar-refractivity contribution in [2.45, 2.75) is 19.5 Å². The molecule has 3 aromatic rings. The fraction of sp³-hybridized carbons (Fsp3) is 0.200. The van der Waals surface area contributed by atoms with Crippen molar-refractivity contribution in [3.63, 3.8) is 0 Å². The Morgan fingerprint density at radius 3 is 2.52 bits per heavy atom. The van der Waals surface area contributed by atoms with Crippen LogP contribution in [-0.4, -0.2) is 22.3 Å². The van der Waals surface area contributed by atoms with E-state index in [1.54, 1.807) is 6.20 Å². The first kappa shape index (κ1) is 16.8. The van der Waals surface area contributed by atoms with Gasteiger partial charge in [0.05, 0.1) is 19.6 Å². The zero-order valence-electron chi connectivity index (χ0n) is 14.0. The van der Waals surface area contributed by atoms with Crippen LogP contribution in [0.5, 0.6) is 5.75 Å². The molecular weight excluding hydrogens is 314 g/mol. The summed E-state index contributed by atoms with van der Waals surface area (Å²) >= 11 is 0. The van der Waals surface area contributed by atoms with Gasteiger partial charge >= 0.3 is 0 Å². The van der Waals surface area contributed by atoms with Gasteiger partial charge in [0.1, 0.15) is 5.75 Å². The molecule has 0 saturated heterocycles. The molecule has 128 valence electrons. The molecule has 0 saturated carbocycles. The molecule has 0 unspecified atom stereocenters. The standard InChI is InChI=1S/C20H21N3O2/c24-20(11-14-25-19-9-2-1-3-10-19)21-15-17-7-4-5-8-18(17)16-23-13-6-12-22-23/h1-10,12-13H,11,14-16H2,(H,21,24). The van der Waals surface area contributed by atoms with Crippen LogP contribution in [0.2, 0.25) is 0 Å². The van der Waals surface area contributed by atoms with Crippen LogP contribution in [0.3, 0.4) is 0 Å². The maximum atomic E-state index is 12.0. The molecule has 0 aliphatic rings. The molecule has 1 N–H and O–H groups in total. The van der Waals surface area contributed by atoms with Gasteiger partial charge in [0.25, 0.3) is 0 Å². The first-order valence-corrected chi connectivity index (χ1v) is 8.30. The minimum atomic E-state index is -0.0233. The fourth-order valence-electron chi connectivity index (χ4n) is 2.51. The summed E-state index contributed by atoms with van der Waals surface area (Å²) in [5, 5.41) is 7.19. The van der Waals surface area contributed by atoms with Crippen LogP contribution >= 0.6 is 0 Å². The lowest BCUT2D eigenvalue weighted by Crippen LogP contribution is -2.25. The predicted octanol–water partition coefficient (Wildman–Crippen LogP) is 3.02. The molecule has 0 radical (unpaired) electrons. The van der Waals surface area contributed by atoms with Gasteiger partial charge in [0.2, 0.25) is 5.91 Å². The SMILES string of the molecule is O=C(CCOc1ccccc1)NCc1ccccc1Cn1cccn1. The van der Waals surface area contributed by atoms with Crippen molar-refractivity contribution in [2.24, 2.45) is 0 Å². The van der Waals surface area contributed by atoms with Crippen molar-refractivity contribution in [1.29, 1.82) is 0 Å². The van der Waals surface area contributed by atoms with Gasteiger partial charge in [-0.25, -0.2) is 0 Å². The van der Waals surface area contributed by atoms with Crippen molar-refractivity contribution in [3.05, 3.63) is 84.2 Å². The van der Waals surface area contributed by atoms with Gasteiger partial charge in [-0.1, -0.05) is 42.5 Å². The lowest BCUT2D eigenvalue weighted by Gasteiger charge is -2.11. The summed E-state index contributed by atoms with van der Waals surface area (Å²) < 4.78 is 7.42. The van der Waals surface area contributed by atoms with Crippen molar-refractivity contribution >= 4 is 5.91 Å². The zero-order chi connectivity index (χ0) is 17.3. The highest BCUT2D eigenvalue weighted by Gasteiger charge is 2.06. The van der Waals surface area contributed by atoms with Gasteiger partial charge in [-0.05, 0) is 29.3 Å². The zero-order valence-corrected chi connectivity index (χ0v) is 14.0. The molecule has 1 heterocycles. The summed E-state index contributed by atoms with van der Waals surface area (Å²) in [5.74, 6) is 0.754. The molecule has 0 aliphatic heterocycles. The molecule has 0 bridgehead atoms. The smallest absolute Gasteiger partial charge is 0.223 e. The van der Waals surface area contributed by atoms with Gasteiger partial charge in [-0.3, -0.25) is 9.48 Å². The van der Waals surface area contributed by atoms with Crippen molar-refractivity contribution in [2.75, 3.05) is 6.61 Å². The highest BCUT2D eigenvalue weighted by molar-refractivity contribution is 5.76. The maximum absolute atomic E-state index is 12.0. The number of nitrogens with zero attached hydrogens (tertiary/aromatic N) is 2. The summed E-state index contributed by atoms with van der Waals surface area (Å²) in [5.41, 5.74) is 2.24. The summed E-state index contributed by atoms with van der Waals surface area (Å²) in [4.78, 5) is 12.0. The van der Waals surface area contributed by atoms with Crippen LogP contribution in [0.15, 0.2) is 73.1 Å². The molecule has 3 rings (SSSR count). The number of hydrogen-bond acceptors (Lipinski definition) is 3. The van der Waals surface area contributed by atoms with Crippen LogP contribution in [0.25, 0.3) is 0 Å². The third kappa shape index (κ3) is 5.21. The quantitative estimate of drug-likeness (QED) is 0.688. The second-order valence-corrected chi connectivity index (χ2v) is 5.66. The number of amides is 1. The minimum absolute atomic E-state index is 0.0233. The number of carbonyl (C=O) groups excluding carboxylic acids is 1. The number of aromatic nitrogens is 2. The minimum Gasteiger partial charge on any atom is -0.493 e. The summed E-state index contributed by atoms with van der Waals surface area (Å²) in [6, 6.07) is 19.5. The first-order valence-electron chi connectivity index (χ1n) is 8.30. The summed E-state index contributed by atoms with van der Waals surface area (Å²) in [7, 11) is 0. The molecule has 2 aromatic carbocycles. The van der Waals surface area contributed by atoms with Crippen molar-refractivity contribution < 1.29 is 9.53 Å². The number of hydrogen-bond donors (Lipinski definition) is 1. The van der Waals surface area contributed by atoms with E-state index >= 15 is 0 Å². The van der Waals surface area contributed by atoms with E-state index in [4.69, 9.17) is 4.74 Å². The Balaban J connectivity index is 1.47. The molecule has 1 aromatic heterocycles. The Morgan fingerprint density at radius 1 is 1.00 bits per heavy atom. The van der Waals surface area contributed by atoms with Gasteiger partial charge in [-0.2, -0.15) is 5.10 Å². The Hall–Kier alpha value is -3.08. The van der Waals surface area contributed by atoms with E-state index in [2.05, 4.69) is 16.5 Å². The van der Waals surface area contributed by atoms with Crippen LogP contribution < -0.4 is 10.1 Å². The van der Waals surface area contributed by atoms with E-state index in [0.717, 1.165) is 16.9 Å². The van der Waals surface area contributed by atoms with E-state index in [1.807, 2.05) is 65.5 Å². The molecule has 0 atom stereocenters. The number of para-hydroxylation sites is 1. The number of benzene rings is 2. The van der Waals surface area contributed by atoms with Gasteiger partial charge in [0, 0.05) is 18.9 Å². The summed E-state index contributed by atoms with van der Waals surface area (Å²) in [6.07, 6.45) is 4.02. The molecule has 0 spiro atoms. The molecular formula is C20H21N3O2. The average Bonchev–Trinajstić information content (AvgIpc) is 3.15. The van der Waals surface area contributed by atoms with Crippen LogP contribution in [-0.2, 0) is 17.9 Å². The fourth-order valence-corrected chi connectivity index (χ4v) is 2.51. The predicted molar refractivity (Wildman–Crippen MR) is 96.2 cm³/mol. The lowest BCUT2D eigenvalue weighted by atomic mass is 10.1. The number of carbonyl (C=O) groups is 1. The largest absolute Gasteiger partial charge is 0.493 e. The van der Waals surface area contributed by atoms with E-state index in [-0.39, 0.29) is 5.91 Å². The topological polar surface area (TPSA) is 56.1 Å². The lowest BCUT2D eigenvalue weighted by molar-refractivity contribution is -0.121. The van der Waals surface area contributed by atoms with Crippen molar-refractivity contribution in [3.8, 4) is 5.75 Å². The first-order chi connectivity index (χ1) is 12.3. The van der Waals surface area contributed by atoms with Gasteiger partial charge in [0.15, 0.2) is 0 Å². The van der Waals surface area contributed by atoms with Crippen LogP contribution in [0.1, 0.15) is 17.5 Å². The number of rotatable bonds is 8. The average molecular weight is 335 g/mol. The molecule has 0 fully saturated rings. The molecule has 25 heavy (non-hydrogen) atoms. The Bertz CT molecular complexity index is 786. The second-order valence-electron chi connectivity index (χ2n) is 5.66. The third-order valence-electron chi connectivity index (χ3n) is 3.83. The number of ether oxygens (including phenoxy) is 1. The van der Waals surface area contributed by atoms with E-state index in [1.165, 1.54) is 0 Å².